The van der Waals surface area contributed by atoms with Crippen LogP contribution in [0.5, 0.6) is 0 Å². The van der Waals surface area contributed by atoms with Crippen LogP contribution in [0, 0.1) is 6.92 Å². The van der Waals surface area contributed by atoms with Gasteiger partial charge in [0.2, 0.25) is 0 Å². The second kappa shape index (κ2) is 11.4. The number of likely N-dealkylation sites (N-methyl/N-ethyl adjacent to an activating group) is 1. The fourth-order valence-corrected chi connectivity index (χ4v) is 4.65. The summed E-state index contributed by atoms with van der Waals surface area (Å²) in [7, 11) is 2.17. The molecule has 5 rings (SSSR count). The maximum atomic E-state index is 10.6. The number of nitrogens with zero attached hydrogens (tertiary/aromatic N) is 4. The van der Waals surface area contributed by atoms with Gasteiger partial charge in [-0.3, -0.25) is 0 Å². The van der Waals surface area contributed by atoms with Crippen LogP contribution in [0.2, 0.25) is 0 Å². The summed E-state index contributed by atoms with van der Waals surface area (Å²) in [5.74, 6) is -2.76. The van der Waals surface area contributed by atoms with Gasteiger partial charge in [-0.25, -0.2) is 9.48 Å². The summed E-state index contributed by atoms with van der Waals surface area (Å²) in [4.78, 5) is 11.2. The summed E-state index contributed by atoms with van der Waals surface area (Å²) in [5, 5.41) is 28.9. The summed E-state index contributed by atoms with van der Waals surface area (Å²) in [5.41, 5.74) is 9.33. The molecule has 2 aromatic carbocycles. The lowest BCUT2D eigenvalue weighted by Gasteiger charge is -2.24. The Hall–Kier alpha value is -3.70. The molecule has 3 aromatic rings. The van der Waals surface area contributed by atoms with E-state index < -0.39 is 12.1 Å². The van der Waals surface area contributed by atoms with Crippen LogP contribution in [0.4, 0.5) is 18.9 Å². The zero-order valence-corrected chi connectivity index (χ0v) is 21.2. The third kappa shape index (κ3) is 6.22. The standard InChI is InChI=1S/C25H29N5O.C2HF3O2/c1-17-25-22-8-5-20(19-9-12-29(2)13-10-19)15-23(22)24(11-14-30(25)28-27-17)26-21-6-3-18(16-31)4-7-21;3-2(4,5)1(6)7/h3-9,15,24,26,31H,10-14,16H2,1-2H3;(H,6,7). The molecule has 11 heteroatoms. The van der Waals surface area contributed by atoms with Gasteiger partial charge in [-0.15, -0.1) is 5.10 Å². The molecule has 0 radical (unpaired) electrons. The Labute approximate surface area is 218 Å². The molecule has 1 atom stereocenters. The predicted molar refractivity (Wildman–Crippen MR) is 137 cm³/mol. The maximum Gasteiger partial charge on any atom is 0.490 e. The van der Waals surface area contributed by atoms with Crippen LogP contribution in [0.15, 0.2) is 48.5 Å². The molecule has 0 amide bonds. The molecule has 8 nitrogen and oxygen atoms in total. The quantitative estimate of drug-likeness (QED) is 0.452. The normalized spacial score (nSPS) is 17.3. The van der Waals surface area contributed by atoms with Crippen molar-refractivity contribution in [2.45, 2.75) is 45.1 Å². The predicted octanol–water partition coefficient (Wildman–Crippen LogP) is 4.65. The van der Waals surface area contributed by atoms with Crippen LogP contribution in [-0.4, -0.2) is 62.4 Å². The van der Waals surface area contributed by atoms with Crippen molar-refractivity contribution in [2.24, 2.45) is 0 Å². The number of hydrogen-bond acceptors (Lipinski definition) is 6. The fourth-order valence-electron chi connectivity index (χ4n) is 4.65. The van der Waals surface area contributed by atoms with Crippen molar-refractivity contribution < 1.29 is 28.2 Å². The Morgan fingerprint density at radius 3 is 2.47 bits per heavy atom. The Balaban J connectivity index is 0.000000426. The molecule has 0 saturated heterocycles. The number of nitrogens with one attached hydrogen (secondary N) is 1. The minimum atomic E-state index is -5.08. The zero-order valence-electron chi connectivity index (χ0n) is 21.2. The van der Waals surface area contributed by atoms with Gasteiger partial charge in [0.15, 0.2) is 0 Å². The molecular formula is C27H30F3N5O3. The third-order valence-electron chi connectivity index (χ3n) is 6.72. The monoisotopic (exact) mass is 529 g/mol. The number of alkyl halides is 3. The molecule has 3 heterocycles. The second-order valence-corrected chi connectivity index (χ2v) is 9.43. The summed E-state index contributed by atoms with van der Waals surface area (Å²) in [6.45, 7) is 5.02. The number of aliphatic hydroxyl groups is 1. The average molecular weight is 530 g/mol. The van der Waals surface area contributed by atoms with Crippen LogP contribution in [0.25, 0.3) is 16.8 Å². The number of benzene rings is 2. The highest BCUT2D eigenvalue weighted by atomic mass is 19.4. The number of halogens is 3. The van der Waals surface area contributed by atoms with Crippen LogP contribution in [-0.2, 0) is 17.9 Å². The number of aliphatic carboxylic acids is 1. The number of carboxylic acids is 1. The van der Waals surface area contributed by atoms with Gasteiger partial charge in [0.1, 0.15) is 0 Å². The molecule has 0 fully saturated rings. The molecule has 0 spiro atoms. The summed E-state index contributed by atoms with van der Waals surface area (Å²) < 4.78 is 33.8. The number of hydrogen-bond donors (Lipinski definition) is 3. The van der Waals surface area contributed by atoms with E-state index in [1.807, 2.05) is 35.9 Å². The molecule has 2 aliphatic rings. The Kier molecular flexibility index (Phi) is 8.17. The van der Waals surface area contributed by atoms with Gasteiger partial charge in [0.25, 0.3) is 0 Å². The minimum Gasteiger partial charge on any atom is -0.475 e. The number of aryl methyl sites for hydroxylation is 2. The molecular weight excluding hydrogens is 499 g/mol. The van der Waals surface area contributed by atoms with E-state index in [0.29, 0.717) is 0 Å². The van der Waals surface area contributed by atoms with Crippen LogP contribution in [0.1, 0.15) is 41.3 Å². The number of aromatic nitrogens is 3. The van der Waals surface area contributed by atoms with Crippen molar-refractivity contribution in [3.8, 4) is 11.3 Å². The lowest BCUT2D eigenvalue weighted by Crippen LogP contribution is -2.23. The van der Waals surface area contributed by atoms with Gasteiger partial charge in [-0.1, -0.05) is 35.6 Å². The van der Waals surface area contributed by atoms with E-state index in [1.165, 1.54) is 22.3 Å². The number of aliphatic hydroxyl groups excluding tert-OH is 1. The van der Waals surface area contributed by atoms with Crippen LogP contribution in [0.3, 0.4) is 0 Å². The molecule has 0 saturated carbocycles. The third-order valence-corrected chi connectivity index (χ3v) is 6.72. The molecule has 3 N–H and O–H groups in total. The van der Waals surface area contributed by atoms with Crippen molar-refractivity contribution in [3.05, 3.63) is 70.9 Å². The first-order valence-electron chi connectivity index (χ1n) is 12.3. The highest BCUT2D eigenvalue weighted by Gasteiger charge is 2.38. The van der Waals surface area contributed by atoms with Crippen LogP contribution < -0.4 is 5.32 Å². The highest BCUT2D eigenvalue weighted by Crippen LogP contribution is 2.39. The lowest BCUT2D eigenvalue weighted by molar-refractivity contribution is -0.192. The van der Waals surface area contributed by atoms with E-state index in [2.05, 4.69) is 51.9 Å². The smallest absolute Gasteiger partial charge is 0.475 e. The molecule has 202 valence electrons. The van der Waals surface area contributed by atoms with Gasteiger partial charge < -0.3 is 20.4 Å². The van der Waals surface area contributed by atoms with Crippen molar-refractivity contribution >= 4 is 17.2 Å². The Morgan fingerprint density at radius 1 is 1.16 bits per heavy atom. The van der Waals surface area contributed by atoms with E-state index in [0.717, 1.165) is 55.1 Å². The number of carboxylic acid groups (broad SMARTS) is 1. The molecule has 1 aromatic heterocycles. The summed E-state index contributed by atoms with van der Waals surface area (Å²) in [6.07, 6.45) is -0.723. The van der Waals surface area contributed by atoms with E-state index in [1.54, 1.807) is 0 Å². The number of anilines is 1. The van der Waals surface area contributed by atoms with E-state index in [4.69, 9.17) is 9.90 Å². The lowest BCUT2D eigenvalue weighted by atomic mass is 9.90. The SMILES string of the molecule is Cc1nnn2c1-c1ccc(C3=CCN(C)CC3)cc1C(Nc1ccc(CO)cc1)CC2.O=C(O)C(F)(F)F. The van der Waals surface area contributed by atoms with Crippen molar-refractivity contribution in [3.63, 3.8) is 0 Å². The van der Waals surface area contributed by atoms with Crippen LogP contribution >= 0.6 is 0 Å². The first kappa shape index (κ1) is 27.3. The second-order valence-electron chi connectivity index (χ2n) is 9.43. The molecule has 0 bridgehead atoms. The molecule has 38 heavy (non-hydrogen) atoms. The van der Waals surface area contributed by atoms with Crippen molar-refractivity contribution in [1.29, 1.82) is 0 Å². The highest BCUT2D eigenvalue weighted by molar-refractivity contribution is 5.75. The summed E-state index contributed by atoms with van der Waals surface area (Å²) in [6, 6.07) is 15.1. The van der Waals surface area contributed by atoms with Crippen molar-refractivity contribution in [1.82, 2.24) is 19.9 Å². The number of rotatable bonds is 4. The number of fused-ring (bicyclic) bond motifs is 3. The minimum absolute atomic E-state index is 0.0631. The molecule has 1 unspecified atom stereocenters. The van der Waals surface area contributed by atoms with Gasteiger partial charge >= 0.3 is 12.1 Å². The first-order valence-corrected chi connectivity index (χ1v) is 12.3. The first-order chi connectivity index (χ1) is 18.1. The van der Waals surface area contributed by atoms with Gasteiger partial charge in [0, 0.05) is 30.9 Å². The zero-order chi connectivity index (χ0) is 27.4. The summed E-state index contributed by atoms with van der Waals surface area (Å²) >= 11 is 0. The number of carbonyl (C=O) groups is 1. The van der Waals surface area contributed by atoms with Gasteiger partial charge in [-0.05, 0) is 67.3 Å². The largest absolute Gasteiger partial charge is 0.490 e. The topological polar surface area (TPSA) is 104 Å². The van der Waals surface area contributed by atoms with E-state index in [-0.39, 0.29) is 12.6 Å². The van der Waals surface area contributed by atoms with Gasteiger partial charge in [0.05, 0.1) is 24.0 Å². The van der Waals surface area contributed by atoms with E-state index in [9.17, 15) is 18.3 Å². The molecule has 0 aliphatic carbocycles. The fraction of sp³-hybridized carbons (Fsp3) is 0.370. The Bertz CT molecular complexity index is 1320. The van der Waals surface area contributed by atoms with Gasteiger partial charge in [-0.2, -0.15) is 13.2 Å². The molecule has 2 aliphatic heterocycles. The Morgan fingerprint density at radius 2 is 1.87 bits per heavy atom. The average Bonchev–Trinajstić information content (AvgIpc) is 3.18. The van der Waals surface area contributed by atoms with Crippen molar-refractivity contribution in [2.75, 3.05) is 25.5 Å². The van der Waals surface area contributed by atoms with E-state index >= 15 is 0 Å². The maximum absolute atomic E-state index is 10.6.